The molecule has 0 fully saturated rings. The molecule has 0 radical (unpaired) electrons. The van der Waals surface area contributed by atoms with Crippen LogP contribution in [0.5, 0.6) is 5.75 Å². The summed E-state index contributed by atoms with van der Waals surface area (Å²) in [6, 6.07) is 5.09. The van der Waals surface area contributed by atoms with E-state index in [0.29, 0.717) is 22.9 Å². The molecule has 0 spiro atoms. The molecular weight excluding hydrogens is 230 g/mol. The second-order valence-corrected chi connectivity index (χ2v) is 4.77. The van der Waals surface area contributed by atoms with Gasteiger partial charge in [-0.15, -0.1) is 0 Å². The fourth-order valence-electron chi connectivity index (χ4n) is 1.89. The average molecular weight is 251 g/mol. The van der Waals surface area contributed by atoms with Crippen LogP contribution in [0.3, 0.4) is 0 Å². The molecule has 0 amide bonds. The molecule has 0 heterocycles. The molecule has 100 valence electrons. The van der Waals surface area contributed by atoms with Gasteiger partial charge in [0.15, 0.2) is 0 Å². The quantitative estimate of drug-likeness (QED) is 0.645. The zero-order valence-corrected chi connectivity index (χ0v) is 11.4. The molecule has 0 aliphatic heterocycles. The van der Waals surface area contributed by atoms with Gasteiger partial charge in [-0.05, 0) is 31.4 Å². The molecule has 0 aliphatic carbocycles. The van der Waals surface area contributed by atoms with Crippen molar-refractivity contribution in [3.8, 4) is 5.75 Å². The van der Waals surface area contributed by atoms with Crippen molar-refractivity contribution in [3.63, 3.8) is 0 Å². The molecule has 0 saturated heterocycles. The van der Waals surface area contributed by atoms with Gasteiger partial charge in [0.2, 0.25) is 0 Å². The van der Waals surface area contributed by atoms with Crippen LogP contribution in [0.25, 0.3) is 0 Å². The van der Waals surface area contributed by atoms with Gasteiger partial charge in [-0.3, -0.25) is 0 Å². The lowest BCUT2D eigenvalue weighted by Crippen LogP contribution is -2.18. The van der Waals surface area contributed by atoms with Gasteiger partial charge in [-0.2, -0.15) is 0 Å². The van der Waals surface area contributed by atoms with E-state index in [1.807, 2.05) is 6.92 Å². The minimum absolute atomic E-state index is 0.137. The van der Waals surface area contributed by atoms with Gasteiger partial charge in [0, 0.05) is 5.69 Å². The Balaban J connectivity index is 2.84. The number of hydrogen-bond acceptors (Lipinski definition) is 4. The Morgan fingerprint density at radius 1 is 1.33 bits per heavy atom. The van der Waals surface area contributed by atoms with Gasteiger partial charge in [0.25, 0.3) is 0 Å². The second-order valence-electron chi connectivity index (χ2n) is 4.77. The monoisotopic (exact) mass is 251 g/mol. The summed E-state index contributed by atoms with van der Waals surface area (Å²) in [6.07, 6.45) is 0.683. The molecule has 18 heavy (non-hydrogen) atoms. The van der Waals surface area contributed by atoms with E-state index in [1.54, 1.807) is 18.2 Å². The molecular formula is C14H21NO3. The van der Waals surface area contributed by atoms with E-state index in [0.717, 1.165) is 6.42 Å². The first-order chi connectivity index (χ1) is 8.45. The normalized spacial score (nSPS) is 12.3. The highest BCUT2D eigenvalue weighted by atomic mass is 16.5. The highest BCUT2D eigenvalue weighted by molar-refractivity contribution is 5.98. The molecule has 1 aromatic rings. The van der Waals surface area contributed by atoms with E-state index in [1.165, 1.54) is 7.11 Å². The number of hydrogen-bond donors (Lipinski definition) is 1. The molecule has 1 aromatic carbocycles. The van der Waals surface area contributed by atoms with Gasteiger partial charge >= 0.3 is 5.97 Å². The van der Waals surface area contributed by atoms with E-state index < -0.39 is 5.97 Å². The number of benzene rings is 1. The van der Waals surface area contributed by atoms with Crippen molar-refractivity contribution in [2.75, 3.05) is 12.8 Å². The van der Waals surface area contributed by atoms with Crippen molar-refractivity contribution in [2.24, 2.45) is 5.92 Å². The van der Waals surface area contributed by atoms with Crippen molar-refractivity contribution in [2.45, 2.75) is 33.3 Å². The van der Waals surface area contributed by atoms with Crippen LogP contribution in [-0.2, 0) is 4.74 Å². The molecule has 2 N–H and O–H groups in total. The number of carbonyl (C=O) groups excluding carboxylic acids is 1. The maximum Gasteiger partial charge on any atom is 0.344 e. The summed E-state index contributed by atoms with van der Waals surface area (Å²) in [5.41, 5.74) is 6.47. The third kappa shape index (κ3) is 3.65. The maximum atomic E-state index is 12.1. The summed E-state index contributed by atoms with van der Waals surface area (Å²) in [6.45, 7) is 6.05. The number of ether oxygens (including phenoxy) is 2. The summed E-state index contributed by atoms with van der Waals surface area (Å²) >= 11 is 0. The molecule has 0 saturated carbocycles. The predicted molar refractivity (Wildman–Crippen MR) is 71.7 cm³/mol. The second kappa shape index (κ2) is 6.28. The Hall–Kier alpha value is -1.71. The standard InChI is InChI=1S/C14H21NO3/c1-9(2)8-10(3)18-14(16)13-11(15)6-5-7-12(13)17-4/h5-7,9-10H,8,15H2,1-4H3. The number of rotatable bonds is 5. The topological polar surface area (TPSA) is 61.5 Å². The van der Waals surface area contributed by atoms with Crippen molar-refractivity contribution in [1.29, 1.82) is 0 Å². The Bertz CT molecular complexity index is 416. The maximum absolute atomic E-state index is 12.1. The SMILES string of the molecule is COc1cccc(N)c1C(=O)OC(C)CC(C)C. The molecule has 1 atom stereocenters. The Kier molecular flexibility index (Phi) is 5.01. The predicted octanol–water partition coefficient (Wildman–Crippen LogP) is 2.87. The Labute approximate surface area is 108 Å². The summed E-state index contributed by atoms with van der Waals surface area (Å²) < 4.78 is 10.5. The highest BCUT2D eigenvalue weighted by Gasteiger charge is 2.19. The zero-order valence-electron chi connectivity index (χ0n) is 11.4. The van der Waals surface area contributed by atoms with E-state index in [-0.39, 0.29) is 6.10 Å². The highest BCUT2D eigenvalue weighted by Crippen LogP contribution is 2.25. The van der Waals surface area contributed by atoms with E-state index in [9.17, 15) is 4.79 Å². The average Bonchev–Trinajstić information content (AvgIpc) is 2.26. The summed E-state index contributed by atoms with van der Waals surface area (Å²) in [5, 5.41) is 0. The van der Waals surface area contributed by atoms with E-state index in [4.69, 9.17) is 15.2 Å². The Morgan fingerprint density at radius 2 is 2.00 bits per heavy atom. The van der Waals surface area contributed by atoms with Crippen LogP contribution in [0, 0.1) is 5.92 Å². The first kappa shape index (κ1) is 14.4. The zero-order chi connectivity index (χ0) is 13.7. The molecule has 0 aromatic heterocycles. The summed E-state index contributed by atoms with van der Waals surface area (Å²) in [7, 11) is 1.50. The lowest BCUT2D eigenvalue weighted by molar-refractivity contribution is 0.0297. The van der Waals surface area contributed by atoms with Crippen molar-refractivity contribution in [1.82, 2.24) is 0 Å². The number of esters is 1. The third-order valence-electron chi connectivity index (χ3n) is 2.59. The number of carbonyl (C=O) groups is 1. The van der Waals surface area contributed by atoms with Gasteiger partial charge in [0.1, 0.15) is 11.3 Å². The number of nitrogens with two attached hydrogens (primary N) is 1. The smallest absolute Gasteiger partial charge is 0.344 e. The number of methoxy groups -OCH3 is 1. The van der Waals surface area contributed by atoms with Crippen molar-refractivity contribution in [3.05, 3.63) is 23.8 Å². The van der Waals surface area contributed by atoms with Crippen LogP contribution in [0.1, 0.15) is 37.6 Å². The number of anilines is 1. The van der Waals surface area contributed by atoms with Crippen LogP contribution >= 0.6 is 0 Å². The molecule has 0 aliphatic rings. The van der Waals surface area contributed by atoms with Crippen LogP contribution < -0.4 is 10.5 Å². The van der Waals surface area contributed by atoms with Crippen LogP contribution in [-0.4, -0.2) is 19.2 Å². The van der Waals surface area contributed by atoms with E-state index >= 15 is 0 Å². The van der Waals surface area contributed by atoms with Crippen LogP contribution in [0.15, 0.2) is 18.2 Å². The van der Waals surface area contributed by atoms with Crippen molar-refractivity contribution >= 4 is 11.7 Å². The minimum Gasteiger partial charge on any atom is -0.496 e. The first-order valence-corrected chi connectivity index (χ1v) is 6.09. The molecule has 0 bridgehead atoms. The van der Waals surface area contributed by atoms with Gasteiger partial charge in [-0.25, -0.2) is 4.79 Å². The van der Waals surface area contributed by atoms with Crippen molar-refractivity contribution < 1.29 is 14.3 Å². The molecule has 1 unspecified atom stereocenters. The van der Waals surface area contributed by atoms with Gasteiger partial charge in [0.05, 0.1) is 13.2 Å². The first-order valence-electron chi connectivity index (χ1n) is 6.09. The molecule has 4 heteroatoms. The molecule has 1 rings (SSSR count). The summed E-state index contributed by atoms with van der Waals surface area (Å²) in [5.74, 6) is 0.484. The largest absolute Gasteiger partial charge is 0.496 e. The lowest BCUT2D eigenvalue weighted by atomic mass is 10.1. The third-order valence-corrected chi connectivity index (χ3v) is 2.59. The van der Waals surface area contributed by atoms with Crippen LogP contribution in [0.4, 0.5) is 5.69 Å². The minimum atomic E-state index is -0.432. The van der Waals surface area contributed by atoms with Gasteiger partial charge in [-0.1, -0.05) is 19.9 Å². The summed E-state index contributed by atoms with van der Waals surface area (Å²) in [4.78, 5) is 12.1. The lowest BCUT2D eigenvalue weighted by Gasteiger charge is -2.17. The van der Waals surface area contributed by atoms with Gasteiger partial charge < -0.3 is 15.2 Å². The fraction of sp³-hybridized carbons (Fsp3) is 0.500. The molecule has 4 nitrogen and oxygen atoms in total. The number of nitrogen functional groups attached to an aromatic ring is 1. The Morgan fingerprint density at radius 3 is 2.56 bits per heavy atom. The van der Waals surface area contributed by atoms with Crippen LogP contribution in [0.2, 0.25) is 0 Å². The van der Waals surface area contributed by atoms with E-state index in [2.05, 4.69) is 13.8 Å². The fourth-order valence-corrected chi connectivity index (χ4v) is 1.89.